The van der Waals surface area contributed by atoms with E-state index in [1.807, 2.05) is 0 Å². The van der Waals surface area contributed by atoms with Gasteiger partial charge >= 0.3 is 0 Å². The maximum Gasteiger partial charge on any atom is 0.122 e. The van der Waals surface area contributed by atoms with Crippen molar-refractivity contribution in [1.82, 2.24) is 10.2 Å². The van der Waals surface area contributed by atoms with Crippen LogP contribution < -0.4 is 22.5 Å². The highest BCUT2D eigenvalue weighted by atomic mass is 35.5. The van der Waals surface area contributed by atoms with Crippen LogP contribution in [-0.4, -0.2) is 45.2 Å². The Morgan fingerprint density at radius 2 is 1.90 bits per heavy atom. The fourth-order valence-corrected chi connectivity index (χ4v) is 1.94. The van der Waals surface area contributed by atoms with Gasteiger partial charge in [-0.15, -0.1) is 0 Å². The van der Waals surface area contributed by atoms with Crippen LogP contribution in [0.4, 0.5) is 0 Å². The molecule has 0 spiro atoms. The zero-order chi connectivity index (χ0) is 15.0. The molecule has 0 radical (unpaired) electrons. The molecule has 0 fully saturated rings. The van der Waals surface area contributed by atoms with Crippen LogP contribution in [0.1, 0.15) is 37.3 Å². The van der Waals surface area contributed by atoms with Gasteiger partial charge in [-0.2, -0.15) is 0 Å². The summed E-state index contributed by atoms with van der Waals surface area (Å²) in [6.07, 6.45) is 1.04. The Hall–Kier alpha value is -0.770. The standard InChI is InChI=1S/C17H30N2O.ClH/c1-14(2)16-8-7-15(3)17(13-16)20-12-6-9-18-10-11-19(4)5;/h7-8,13-14,18H,6,9-12H2,1-5H3;1H/p-1. The van der Waals surface area contributed by atoms with E-state index in [1.54, 1.807) is 0 Å². The van der Waals surface area contributed by atoms with E-state index in [-0.39, 0.29) is 12.4 Å². The monoisotopic (exact) mass is 313 g/mol. The third-order valence-corrected chi connectivity index (χ3v) is 3.37. The molecule has 0 atom stereocenters. The van der Waals surface area contributed by atoms with Crippen LogP contribution in [-0.2, 0) is 0 Å². The van der Waals surface area contributed by atoms with Crippen molar-refractivity contribution in [2.75, 3.05) is 40.3 Å². The molecule has 0 aromatic heterocycles. The van der Waals surface area contributed by atoms with Crippen molar-refractivity contribution in [3.63, 3.8) is 0 Å². The Morgan fingerprint density at radius 1 is 1.19 bits per heavy atom. The zero-order valence-corrected chi connectivity index (χ0v) is 14.8. The largest absolute Gasteiger partial charge is 1.00 e. The summed E-state index contributed by atoms with van der Waals surface area (Å²) in [4.78, 5) is 2.18. The molecule has 122 valence electrons. The molecular weight excluding hydrogens is 284 g/mol. The molecule has 0 saturated carbocycles. The quantitative estimate of drug-likeness (QED) is 0.652. The Morgan fingerprint density at radius 3 is 2.52 bits per heavy atom. The molecule has 1 rings (SSSR count). The van der Waals surface area contributed by atoms with E-state index in [9.17, 15) is 0 Å². The number of hydrogen-bond acceptors (Lipinski definition) is 3. The first-order valence-corrected chi connectivity index (χ1v) is 7.59. The SMILES string of the molecule is Cc1ccc(C(C)C)cc1OCCCNCCN(C)C.[Cl-]. The second-order valence-electron chi connectivity index (χ2n) is 5.93. The molecule has 0 unspecified atom stereocenters. The second-order valence-corrected chi connectivity index (χ2v) is 5.93. The van der Waals surface area contributed by atoms with Crippen LogP contribution in [0.2, 0.25) is 0 Å². The Bertz CT molecular complexity index is 394. The average Bonchev–Trinajstić information content (AvgIpc) is 2.38. The second kappa shape index (κ2) is 10.9. The van der Waals surface area contributed by atoms with Crippen LogP contribution in [0, 0.1) is 6.92 Å². The van der Waals surface area contributed by atoms with Gasteiger partial charge in [-0.25, -0.2) is 0 Å². The number of benzene rings is 1. The Labute approximate surface area is 136 Å². The van der Waals surface area contributed by atoms with Crippen LogP contribution in [0.15, 0.2) is 18.2 Å². The first-order valence-electron chi connectivity index (χ1n) is 7.59. The van der Waals surface area contributed by atoms with Crippen molar-refractivity contribution < 1.29 is 17.1 Å². The number of likely N-dealkylation sites (N-methyl/N-ethyl adjacent to an activating group) is 1. The molecule has 0 aliphatic rings. The number of halogens is 1. The minimum absolute atomic E-state index is 0. The molecule has 4 heteroatoms. The average molecular weight is 314 g/mol. The highest BCUT2D eigenvalue weighted by Crippen LogP contribution is 2.24. The third kappa shape index (κ3) is 8.30. The number of rotatable bonds is 9. The molecule has 3 nitrogen and oxygen atoms in total. The summed E-state index contributed by atoms with van der Waals surface area (Å²) in [6, 6.07) is 6.52. The molecule has 0 amide bonds. The highest BCUT2D eigenvalue weighted by Gasteiger charge is 2.04. The molecule has 1 N–H and O–H groups in total. The minimum atomic E-state index is 0. The van der Waals surface area contributed by atoms with E-state index in [0.717, 1.165) is 38.4 Å². The van der Waals surface area contributed by atoms with Gasteiger partial charge in [0.1, 0.15) is 5.75 Å². The number of nitrogens with zero attached hydrogens (tertiary/aromatic N) is 1. The van der Waals surface area contributed by atoms with Gasteiger partial charge in [0, 0.05) is 13.1 Å². The highest BCUT2D eigenvalue weighted by molar-refractivity contribution is 5.37. The summed E-state index contributed by atoms with van der Waals surface area (Å²) < 4.78 is 5.90. The van der Waals surface area contributed by atoms with E-state index in [4.69, 9.17) is 4.74 Å². The molecule has 0 heterocycles. The van der Waals surface area contributed by atoms with Gasteiger partial charge in [0.2, 0.25) is 0 Å². The van der Waals surface area contributed by atoms with Gasteiger partial charge in [0.05, 0.1) is 6.61 Å². The van der Waals surface area contributed by atoms with Gasteiger partial charge in [-0.05, 0) is 57.1 Å². The van der Waals surface area contributed by atoms with Gasteiger partial charge in [0.15, 0.2) is 0 Å². The fourth-order valence-electron chi connectivity index (χ4n) is 1.94. The predicted molar refractivity (Wildman–Crippen MR) is 86.8 cm³/mol. The maximum absolute atomic E-state index is 5.90. The summed E-state index contributed by atoms with van der Waals surface area (Å²) in [7, 11) is 4.19. The molecule has 1 aromatic rings. The predicted octanol–water partition coefficient (Wildman–Crippen LogP) is 0.0425. The van der Waals surface area contributed by atoms with Crippen molar-refractivity contribution in [3.05, 3.63) is 29.3 Å². The van der Waals surface area contributed by atoms with Crippen molar-refractivity contribution >= 4 is 0 Å². The lowest BCUT2D eigenvalue weighted by Crippen LogP contribution is -3.00. The number of hydrogen-bond donors (Lipinski definition) is 1. The fraction of sp³-hybridized carbons (Fsp3) is 0.647. The number of nitrogens with one attached hydrogen (secondary N) is 1. The van der Waals surface area contributed by atoms with E-state index in [1.165, 1.54) is 11.1 Å². The summed E-state index contributed by atoms with van der Waals surface area (Å²) in [6.45, 7) is 10.4. The minimum Gasteiger partial charge on any atom is -1.00 e. The van der Waals surface area contributed by atoms with Gasteiger partial charge in [-0.3, -0.25) is 0 Å². The summed E-state index contributed by atoms with van der Waals surface area (Å²) in [5, 5.41) is 3.43. The van der Waals surface area contributed by atoms with E-state index < -0.39 is 0 Å². The molecular formula is C17H30ClN2O-. The first-order chi connectivity index (χ1) is 9.50. The van der Waals surface area contributed by atoms with Crippen LogP contribution >= 0.6 is 0 Å². The van der Waals surface area contributed by atoms with E-state index >= 15 is 0 Å². The van der Waals surface area contributed by atoms with Crippen LogP contribution in [0.25, 0.3) is 0 Å². The van der Waals surface area contributed by atoms with Crippen molar-refractivity contribution in [1.29, 1.82) is 0 Å². The maximum atomic E-state index is 5.90. The van der Waals surface area contributed by atoms with Gasteiger partial charge in [0.25, 0.3) is 0 Å². The van der Waals surface area contributed by atoms with Gasteiger partial charge < -0.3 is 27.4 Å². The molecule has 0 saturated heterocycles. The van der Waals surface area contributed by atoms with Crippen molar-refractivity contribution in [2.45, 2.75) is 33.1 Å². The Kier molecular flexibility index (Phi) is 10.5. The van der Waals surface area contributed by atoms with E-state index in [0.29, 0.717) is 5.92 Å². The normalized spacial score (nSPS) is 10.8. The lowest BCUT2D eigenvalue weighted by atomic mass is 10.0. The smallest absolute Gasteiger partial charge is 0.122 e. The zero-order valence-electron chi connectivity index (χ0n) is 14.1. The van der Waals surface area contributed by atoms with Crippen LogP contribution in [0.3, 0.4) is 0 Å². The van der Waals surface area contributed by atoms with E-state index in [2.05, 4.69) is 63.3 Å². The first kappa shape index (κ1) is 20.2. The molecule has 0 bridgehead atoms. The molecule has 1 aromatic carbocycles. The number of ether oxygens (including phenoxy) is 1. The Balaban J connectivity index is 0.00000400. The summed E-state index contributed by atoms with van der Waals surface area (Å²) in [5.41, 5.74) is 2.56. The van der Waals surface area contributed by atoms with Crippen molar-refractivity contribution in [3.8, 4) is 5.75 Å². The molecule has 21 heavy (non-hydrogen) atoms. The lowest BCUT2D eigenvalue weighted by molar-refractivity contribution is -0.00000502. The number of aryl methyl sites for hydroxylation is 1. The molecule has 0 aliphatic carbocycles. The topological polar surface area (TPSA) is 24.5 Å². The summed E-state index contributed by atoms with van der Waals surface area (Å²) >= 11 is 0. The van der Waals surface area contributed by atoms with Gasteiger partial charge in [-0.1, -0.05) is 26.0 Å². The summed E-state index contributed by atoms with van der Waals surface area (Å²) in [5.74, 6) is 1.58. The van der Waals surface area contributed by atoms with Crippen LogP contribution in [0.5, 0.6) is 5.75 Å². The third-order valence-electron chi connectivity index (χ3n) is 3.37. The lowest BCUT2D eigenvalue weighted by Gasteiger charge is -2.13. The van der Waals surface area contributed by atoms with Crippen molar-refractivity contribution in [2.24, 2.45) is 0 Å². The molecule has 0 aliphatic heterocycles.